The number of hydrogen-bond donors (Lipinski definition) is 5. The minimum absolute atomic E-state index is 0.388. The Kier molecular flexibility index (Phi) is 3.63. The first-order valence-corrected chi connectivity index (χ1v) is 9.46. The predicted octanol–water partition coefficient (Wildman–Crippen LogP) is 0.929. The Hall–Kier alpha value is -0.920. The van der Waals surface area contributed by atoms with Gasteiger partial charge in [0.2, 0.25) is 0 Å². The van der Waals surface area contributed by atoms with E-state index < -0.39 is 52.2 Å². The van der Waals surface area contributed by atoms with Crippen LogP contribution in [0.4, 0.5) is 0 Å². The molecule has 6 nitrogen and oxygen atoms in total. The minimum atomic E-state index is -1.70. The van der Waals surface area contributed by atoms with E-state index in [1.54, 1.807) is 19.9 Å². The molecule has 4 rings (SSSR count). The fourth-order valence-electron chi connectivity index (χ4n) is 6.67. The lowest BCUT2D eigenvalue weighted by Crippen LogP contribution is -2.80. The first-order valence-electron chi connectivity index (χ1n) is 9.46. The van der Waals surface area contributed by atoms with Gasteiger partial charge in [-0.1, -0.05) is 20.8 Å². The minimum Gasteiger partial charge on any atom is -0.469 e. The molecule has 0 spiro atoms. The molecule has 1 aromatic heterocycles. The molecule has 1 aromatic rings. The van der Waals surface area contributed by atoms with Crippen LogP contribution >= 0.6 is 0 Å². The fraction of sp³-hybridized carbons (Fsp3) is 0.800. The zero-order valence-electron chi connectivity index (χ0n) is 15.8. The van der Waals surface area contributed by atoms with E-state index in [9.17, 15) is 25.5 Å². The Bertz CT molecular complexity index is 724. The van der Waals surface area contributed by atoms with E-state index in [2.05, 4.69) is 0 Å². The standard InChI is InChI=1S/C20H30O6/c1-17(2)7-5-13(21)18(3)11-9-12-10(6-8-26-12)19(4,24)14(11)15(22)16(23)20(17,18)25/h6,8,11,13-16,21-25H,5,7,9H2,1-4H3/t11-,13-,14?,15+,16-,18-,19+,20+/m0/s1. The van der Waals surface area contributed by atoms with Crippen LogP contribution < -0.4 is 0 Å². The van der Waals surface area contributed by atoms with Gasteiger partial charge in [-0.05, 0) is 37.2 Å². The Morgan fingerprint density at radius 1 is 1.08 bits per heavy atom. The highest BCUT2D eigenvalue weighted by molar-refractivity contribution is 5.35. The number of aliphatic hydroxyl groups excluding tert-OH is 3. The highest BCUT2D eigenvalue weighted by Crippen LogP contribution is 2.67. The fourth-order valence-corrected chi connectivity index (χ4v) is 6.67. The molecule has 0 amide bonds. The SMILES string of the molecule is CC1(C)CC[C@H](O)[C@]2(C)[C@H]3Cc4occc4[C@@](C)(O)C3[C@@H](O)[C@H](O)[C@@]12O. The summed E-state index contributed by atoms with van der Waals surface area (Å²) in [4.78, 5) is 0. The molecule has 2 saturated carbocycles. The summed E-state index contributed by atoms with van der Waals surface area (Å²) in [5.41, 5.74) is -4.34. The molecule has 0 saturated heterocycles. The van der Waals surface area contributed by atoms with Gasteiger partial charge in [0.15, 0.2) is 0 Å². The van der Waals surface area contributed by atoms with Crippen LogP contribution in [0.1, 0.15) is 51.9 Å². The van der Waals surface area contributed by atoms with Crippen molar-refractivity contribution < 1.29 is 29.9 Å². The van der Waals surface area contributed by atoms with Gasteiger partial charge in [0.25, 0.3) is 0 Å². The molecule has 0 aliphatic heterocycles. The zero-order chi connectivity index (χ0) is 19.3. The Balaban J connectivity index is 1.97. The largest absolute Gasteiger partial charge is 0.469 e. The predicted molar refractivity (Wildman–Crippen MR) is 93.1 cm³/mol. The molecule has 146 valence electrons. The van der Waals surface area contributed by atoms with Crippen molar-refractivity contribution in [1.82, 2.24) is 0 Å². The summed E-state index contributed by atoms with van der Waals surface area (Å²) in [7, 11) is 0. The second-order valence-electron chi connectivity index (χ2n) is 9.66. The van der Waals surface area contributed by atoms with Crippen molar-refractivity contribution in [2.75, 3.05) is 0 Å². The molecule has 5 N–H and O–H groups in total. The topological polar surface area (TPSA) is 114 Å². The summed E-state index contributed by atoms with van der Waals surface area (Å²) in [5, 5.41) is 56.2. The van der Waals surface area contributed by atoms with Gasteiger partial charge in [-0.25, -0.2) is 0 Å². The zero-order valence-corrected chi connectivity index (χ0v) is 15.8. The third-order valence-corrected chi connectivity index (χ3v) is 8.26. The van der Waals surface area contributed by atoms with E-state index in [0.717, 1.165) is 0 Å². The Labute approximate surface area is 153 Å². The van der Waals surface area contributed by atoms with Crippen LogP contribution in [-0.2, 0) is 12.0 Å². The van der Waals surface area contributed by atoms with Crippen LogP contribution in [-0.4, -0.2) is 49.4 Å². The maximum Gasteiger partial charge on any atom is 0.110 e. The molecule has 3 aliphatic rings. The summed E-state index contributed by atoms with van der Waals surface area (Å²) in [5.74, 6) is -0.565. The van der Waals surface area contributed by atoms with Crippen molar-refractivity contribution in [2.24, 2.45) is 22.7 Å². The van der Waals surface area contributed by atoms with Gasteiger partial charge in [-0.2, -0.15) is 0 Å². The van der Waals surface area contributed by atoms with E-state index in [1.165, 1.54) is 6.26 Å². The summed E-state index contributed by atoms with van der Waals surface area (Å²) >= 11 is 0. The monoisotopic (exact) mass is 366 g/mol. The lowest BCUT2D eigenvalue weighted by atomic mass is 9.38. The molecule has 2 fully saturated rings. The normalized spacial score (nSPS) is 52.7. The average Bonchev–Trinajstić information content (AvgIpc) is 3.03. The van der Waals surface area contributed by atoms with Crippen LogP contribution in [0.2, 0.25) is 0 Å². The number of hydrogen-bond acceptors (Lipinski definition) is 6. The Morgan fingerprint density at radius 2 is 1.73 bits per heavy atom. The third-order valence-electron chi connectivity index (χ3n) is 8.26. The molecule has 26 heavy (non-hydrogen) atoms. The second kappa shape index (κ2) is 5.11. The molecular formula is C20H30O6. The van der Waals surface area contributed by atoms with Gasteiger partial charge < -0.3 is 29.9 Å². The van der Waals surface area contributed by atoms with Crippen molar-refractivity contribution >= 4 is 0 Å². The molecular weight excluding hydrogens is 336 g/mol. The lowest BCUT2D eigenvalue weighted by molar-refractivity contribution is -0.348. The summed E-state index contributed by atoms with van der Waals surface area (Å²) in [6.45, 7) is 7.14. The van der Waals surface area contributed by atoms with Gasteiger partial charge in [0.05, 0.1) is 24.1 Å². The highest BCUT2D eigenvalue weighted by atomic mass is 16.4. The van der Waals surface area contributed by atoms with Crippen molar-refractivity contribution in [1.29, 1.82) is 0 Å². The second-order valence-corrected chi connectivity index (χ2v) is 9.66. The maximum absolute atomic E-state index is 11.8. The number of rotatable bonds is 0. The van der Waals surface area contributed by atoms with Gasteiger partial charge >= 0.3 is 0 Å². The smallest absolute Gasteiger partial charge is 0.110 e. The number of fused-ring (bicyclic) bond motifs is 4. The first kappa shape index (κ1) is 18.4. The van der Waals surface area contributed by atoms with Crippen molar-refractivity contribution in [3.05, 3.63) is 23.7 Å². The summed E-state index contributed by atoms with van der Waals surface area (Å²) < 4.78 is 5.58. The highest BCUT2D eigenvalue weighted by Gasteiger charge is 2.75. The van der Waals surface area contributed by atoms with Crippen LogP contribution in [0.15, 0.2) is 16.7 Å². The van der Waals surface area contributed by atoms with Crippen molar-refractivity contribution in [3.8, 4) is 0 Å². The van der Waals surface area contributed by atoms with Crippen molar-refractivity contribution in [3.63, 3.8) is 0 Å². The van der Waals surface area contributed by atoms with Crippen LogP contribution in [0, 0.1) is 22.7 Å². The number of aliphatic hydroxyl groups is 5. The molecule has 6 heteroatoms. The lowest BCUT2D eigenvalue weighted by Gasteiger charge is -2.70. The molecule has 0 aromatic carbocycles. The summed E-state index contributed by atoms with van der Waals surface area (Å²) in [6, 6.07) is 1.69. The van der Waals surface area contributed by atoms with E-state index in [-0.39, 0.29) is 0 Å². The molecule has 1 unspecified atom stereocenters. The molecule has 0 bridgehead atoms. The van der Waals surface area contributed by atoms with Gasteiger partial charge in [0.1, 0.15) is 17.5 Å². The molecule has 3 aliphatic carbocycles. The first-order chi connectivity index (χ1) is 11.9. The van der Waals surface area contributed by atoms with Crippen molar-refractivity contribution in [2.45, 2.75) is 76.5 Å². The van der Waals surface area contributed by atoms with Gasteiger partial charge in [-0.3, -0.25) is 0 Å². The maximum atomic E-state index is 11.8. The van der Waals surface area contributed by atoms with E-state index in [1.807, 2.05) is 13.8 Å². The van der Waals surface area contributed by atoms with Crippen LogP contribution in [0.5, 0.6) is 0 Å². The molecule has 0 radical (unpaired) electrons. The third kappa shape index (κ3) is 1.80. The quantitative estimate of drug-likeness (QED) is 0.467. The molecule has 1 heterocycles. The van der Waals surface area contributed by atoms with Gasteiger partial charge in [-0.15, -0.1) is 0 Å². The summed E-state index contributed by atoms with van der Waals surface area (Å²) in [6.07, 6.45) is -0.732. The van der Waals surface area contributed by atoms with E-state index in [0.29, 0.717) is 30.6 Å². The number of furan rings is 1. The molecule has 8 atom stereocenters. The van der Waals surface area contributed by atoms with E-state index >= 15 is 0 Å². The Morgan fingerprint density at radius 3 is 2.38 bits per heavy atom. The van der Waals surface area contributed by atoms with Crippen LogP contribution in [0.25, 0.3) is 0 Å². The van der Waals surface area contributed by atoms with E-state index in [4.69, 9.17) is 4.42 Å². The van der Waals surface area contributed by atoms with Crippen LogP contribution in [0.3, 0.4) is 0 Å². The van der Waals surface area contributed by atoms with Gasteiger partial charge in [0, 0.05) is 23.3 Å². The average molecular weight is 366 g/mol.